The molecule has 114 valence electrons. The summed E-state index contributed by atoms with van der Waals surface area (Å²) in [4.78, 5) is 12.8. The van der Waals surface area contributed by atoms with Gasteiger partial charge in [0.25, 0.3) is 0 Å². The molecular formula is C14H15N5O2S. The molecule has 0 saturated heterocycles. The third-order valence-electron chi connectivity index (χ3n) is 3.17. The average molecular weight is 317 g/mol. The van der Waals surface area contributed by atoms with E-state index in [2.05, 4.69) is 15.3 Å². The molecule has 8 heteroatoms. The first-order chi connectivity index (χ1) is 10.7. The van der Waals surface area contributed by atoms with E-state index in [0.29, 0.717) is 23.8 Å². The lowest BCUT2D eigenvalue weighted by Crippen LogP contribution is -2.31. The van der Waals surface area contributed by atoms with Crippen LogP contribution >= 0.6 is 11.3 Å². The molecule has 0 unspecified atom stereocenters. The minimum absolute atomic E-state index is 0.0811. The predicted molar refractivity (Wildman–Crippen MR) is 84.2 cm³/mol. The van der Waals surface area contributed by atoms with Gasteiger partial charge < -0.3 is 10.0 Å². The van der Waals surface area contributed by atoms with Crippen molar-refractivity contribution in [3.63, 3.8) is 0 Å². The Kier molecular flexibility index (Phi) is 4.01. The second-order valence-corrected chi connectivity index (χ2v) is 5.59. The van der Waals surface area contributed by atoms with Crippen molar-refractivity contribution in [2.45, 2.75) is 13.3 Å². The Labute approximate surface area is 130 Å². The normalized spacial score (nSPS) is 11.0. The van der Waals surface area contributed by atoms with E-state index in [1.54, 1.807) is 32.9 Å². The maximum absolute atomic E-state index is 11.0. The van der Waals surface area contributed by atoms with Gasteiger partial charge >= 0.3 is 5.97 Å². The van der Waals surface area contributed by atoms with Crippen molar-refractivity contribution in [3.8, 4) is 11.4 Å². The van der Waals surface area contributed by atoms with Gasteiger partial charge in [0.15, 0.2) is 11.5 Å². The van der Waals surface area contributed by atoms with Crippen molar-refractivity contribution in [2.24, 2.45) is 0 Å². The molecule has 7 nitrogen and oxygen atoms in total. The highest BCUT2D eigenvalue weighted by Gasteiger charge is 2.15. The molecule has 0 aromatic carbocycles. The number of aromatic nitrogens is 4. The van der Waals surface area contributed by atoms with Crippen LogP contribution in [0.25, 0.3) is 17.0 Å². The minimum atomic E-state index is -0.878. The van der Waals surface area contributed by atoms with Gasteiger partial charge in [-0.2, -0.15) is 15.9 Å². The molecule has 0 amide bonds. The molecule has 0 atom stereocenters. The molecule has 3 heterocycles. The van der Waals surface area contributed by atoms with Gasteiger partial charge in [0.05, 0.1) is 0 Å². The van der Waals surface area contributed by atoms with Gasteiger partial charge in [-0.25, -0.2) is 0 Å². The second-order valence-electron chi connectivity index (χ2n) is 4.81. The summed E-state index contributed by atoms with van der Waals surface area (Å²) in [5.41, 5.74) is 1.58. The summed E-state index contributed by atoms with van der Waals surface area (Å²) < 4.78 is 1.65. The molecule has 0 bridgehead atoms. The van der Waals surface area contributed by atoms with Crippen LogP contribution in [0.1, 0.15) is 13.3 Å². The van der Waals surface area contributed by atoms with Crippen LogP contribution in [-0.2, 0) is 4.79 Å². The van der Waals surface area contributed by atoms with E-state index in [-0.39, 0.29) is 6.54 Å². The van der Waals surface area contributed by atoms with Gasteiger partial charge in [0.2, 0.25) is 0 Å². The number of hydrogen-bond donors (Lipinski definition) is 1. The Morgan fingerprint density at radius 3 is 2.91 bits per heavy atom. The van der Waals surface area contributed by atoms with E-state index in [9.17, 15) is 4.79 Å². The van der Waals surface area contributed by atoms with Crippen molar-refractivity contribution in [3.05, 3.63) is 29.0 Å². The lowest BCUT2D eigenvalue weighted by molar-refractivity contribution is -0.135. The number of thiophene rings is 1. The fourth-order valence-electron chi connectivity index (χ4n) is 2.23. The molecule has 0 fully saturated rings. The van der Waals surface area contributed by atoms with Gasteiger partial charge in [0, 0.05) is 17.5 Å². The van der Waals surface area contributed by atoms with Gasteiger partial charge in [-0.1, -0.05) is 6.92 Å². The monoisotopic (exact) mass is 317 g/mol. The molecule has 0 aliphatic heterocycles. The van der Waals surface area contributed by atoms with E-state index < -0.39 is 5.97 Å². The van der Waals surface area contributed by atoms with E-state index in [0.717, 1.165) is 12.0 Å². The minimum Gasteiger partial charge on any atom is -0.480 e. The SMILES string of the molecule is CCCN(CC(=O)O)c1ccc2nnc(-c3ccsc3)n2n1. The van der Waals surface area contributed by atoms with E-state index >= 15 is 0 Å². The maximum Gasteiger partial charge on any atom is 0.323 e. The number of rotatable bonds is 6. The highest BCUT2D eigenvalue weighted by molar-refractivity contribution is 7.08. The van der Waals surface area contributed by atoms with Gasteiger partial charge in [-0.3, -0.25) is 4.79 Å². The first-order valence-electron chi connectivity index (χ1n) is 6.91. The van der Waals surface area contributed by atoms with Crippen LogP contribution in [0.5, 0.6) is 0 Å². The number of carbonyl (C=O) groups is 1. The Morgan fingerprint density at radius 1 is 1.36 bits per heavy atom. The first kappa shape index (κ1) is 14.5. The van der Waals surface area contributed by atoms with Crippen LogP contribution in [0.3, 0.4) is 0 Å². The summed E-state index contributed by atoms with van der Waals surface area (Å²) in [7, 11) is 0. The molecule has 3 rings (SSSR count). The summed E-state index contributed by atoms with van der Waals surface area (Å²) in [5.74, 6) is 0.384. The molecule has 22 heavy (non-hydrogen) atoms. The Balaban J connectivity index is 2.03. The van der Waals surface area contributed by atoms with Crippen LogP contribution in [0.2, 0.25) is 0 Å². The number of hydrogen-bond acceptors (Lipinski definition) is 6. The standard InChI is InChI=1S/C14H15N5O2S/c1-2-6-18(8-13(20)21)12-4-3-11-15-16-14(19(11)17-12)10-5-7-22-9-10/h3-5,7,9H,2,6,8H2,1H3,(H,20,21). The molecule has 0 radical (unpaired) electrons. The highest BCUT2D eigenvalue weighted by Crippen LogP contribution is 2.21. The van der Waals surface area contributed by atoms with Crippen molar-refractivity contribution in [1.29, 1.82) is 0 Å². The zero-order chi connectivity index (χ0) is 15.5. The third-order valence-corrected chi connectivity index (χ3v) is 3.85. The zero-order valence-corrected chi connectivity index (χ0v) is 12.8. The number of nitrogens with zero attached hydrogens (tertiary/aromatic N) is 5. The quantitative estimate of drug-likeness (QED) is 0.750. The van der Waals surface area contributed by atoms with Crippen LogP contribution in [0.4, 0.5) is 5.82 Å². The van der Waals surface area contributed by atoms with Crippen molar-refractivity contribution >= 4 is 28.8 Å². The fourth-order valence-corrected chi connectivity index (χ4v) is 2.86. The molecular weight excluding hydrogens is 302 g/mol. The molecule has 0 saturated carbocycles. The average Bonchev–Trinajstić information content (AvgIpc) is 3.14. The zero-order valence-electron chi connectivity index (χ0n) is 12.0. The summed E-state index contributed by atoms with van der Waals surface area (Å²) in [6.45, 7) is 2.55. The Hall–Kier alpha value is -2.48. The number of carboxylic acid groups (broad SMARTS) is 1. The topological polar surface area (TPSA) is 83.6 Å². The Bertz CT molecular complexity index is 784. The lowest BCUT2D eigenvalue weighted by atomic mass is 10.3. The summed E-state index contributed by atoms with van der Waals surface area (Å²) in [6, 6.07) is 5.53. The van der Waals surface area contributed by atoms with Crippen molar-refractivity contribution in [1.82, 2.24) is 19.8 Å². The summed E-state index contributed by atoms with van der Waals surface area (Å²) in [5, 5.41) is 25.8. The second kappa shape index (κ2) is 6.10. The lowest BCUT2D eigenvalue weighted by Gasteiger charge is -2.20. The molecule has 3 aromatic heterocycles. The predicted octanol–water partition coefficient (Wildman–Crippen LogP) is 2.15. The van der Waals surface area contributed by atoms with Gasteiger partial charge in [-0.15, -0.1) is 15.3 Å². The fraction of sp³-hybridized carbons (Fsp3) is 0.286. The smallest absolute Gasteiger partial charge is 0.323 e. The summed E-state index contributed by atoms with van der Waals surface area (Å²) in [6.07, 6.45) is 0.840. The van der Waals surface area contributed by atoms with Crippen LogP contribution in [-0.4, -0.2) is 44.0 Å². The van der Waals surface area contributed by atoms with Crippen LogP contribution in [0, 0.1) is 0 Å². The van der Waals surface area contributed by atoms with Gasteiger partial charge in [0.1, 0.15) is 12.4 Å². The third kappa shape index (κ3) is 2.77. The molecule has 0 aliphatic rings. The van der Waals surface area contributed by atoms with Gasteiger partial charge in [-0.05, 0) is 30.0 Å². The Morgan fingerprint density at radius 2 is 2.23 bits per heavy atom. The van der Waals surface area contributed by atoms with Crippen LogP contribution < -0.4 is 4.90 Å². The number of carboxylic acids is 1. The number of aliphatic carboxylic acids is 1. The van der Waals surface area contributed by atoms with E-state index in [4.69, 9.17) is 5.11 Å². The van der Waals surface area contributed by atoms with Crippen molar-refractivity contribution in [2.75, 3.05) is 18.0 Å². The summed E-state index contributed by atoms with van der Waals surface area (Å²) >= 11 is 1.58. The van der Waals surface area contributed by atoms with E-state index in [1.807, 2.05) is 23.8 Å². The van der Waals surface area contributed by atoms with Crippen molar-refractivity contribution < 1.29 is 9.90 Å². The first-order valence-corrected chi connectivity index (χ1v) is 7.85. The molecule has 0 spiro atoms. The number of fused-ring (bicyclic) bond motifs is 1. The highest BCUT2D eigenvalue weighted by atomic mass is 32.1. The molecule has 0 aliphatic carbocycles. The molecule has 3 aromatic rings. The largest absolute Gasteiger partial charge is 0.480 e. The van der Waals surface area contributed by atoms with E-state index in [1.165, 1.54) is 0 Å². The van der Waals surface area contributed by atoms with Crippen LogP contribution in [0.15, 0.2) is 29.0 Å². The number of anilines is 1. The maximum atomic E-state index is 11.0. The molecule has 1 N–H and O–H groups in total.